The zero-order valence-electron chi connectivity index (χ0n) is 16.7. The summed E-state index contributed by atoms with van der Waals surface area (Å²) in [5, 5.41) is 13.3. The van der Waals surface area contributed by atoms with Crippen LogP contribution >= 0.6 is 24.0 Å². The Morgan fingerprint density at radius 2 is 2.11 bits per heavy atom. The lowest BCUT2D eigenvalue weighted by Gasteiger charge is -2.23. The fourth-order valence-corrected chi connectivity index (χ4v) is 2.49. The average Bonchev–Trinajstić information content (AvgIpc) is 3.44. The highest BCUT2D eigenvalue weighted by molar-refractivity contribution is 14.0. The van der Waals surface area contributed by atoms with Gasteiger partial charge in [-0.25, -0.2) is 0 Å². The van der Waals surface area contributed by atoms with Crippen LogP contribution in [-0.2, 0) is 4.74 Å². The molecule has 0 aromatic heterocycles. The number of nitrogens with one attached hydrogen (secondary N) is 1. The van der Waals surface area contributed by atoms with Crippen molar-refractivity contribution in [2.75, 3.05) is 46.5 Å². The highest BCUT2D eigenvalue weighted by Gasteiger charge is 2.21. The van der Waals surface area contributed by atoms with Gasteiger partial charge in [-0.2, -0.15) is 0 Å². The molecule has 0 aliphatic heterocycles. The maximum Gasteiger partial charge on any atom is 0.193 e. The van der Waals surface area contributed by atoms with Crippen LogP contribution in [0.5, 0.6) is 5.75 Å². The Bertz CT molecular complexity index is 567. The molecule has 7 heteroatoms. The summed E-state index contributed by atoms with van der Waals surface area (Å²) < 4.78 is 11.4. The minimum Gasteiger partial charge on any atom is -0.491 e. The lowest BCUT2D eigenvalue weighted by Crippen LogP contribution is -2.41. The number of aliphatic hydroxyl groups excluding tert-OH is 1. The van der Waals surface area contributed by atoms with Gasteiger partial charge in [0.25, 0.3) is 0 Å². The van der Waals surface area contributed by atoms with E-state index in [-0.39, 0.29) is 24.0 Å². The number of aliphatic hydroxyl groups is 1. The monoisotopic (exact) mass is 491 g/mol. The molecule has 1 aliphatic rings. The van der Waals surface area contributed by atoms with Crippen LogP contribution in [0.3, 0.4) is 0 Å². The van der Waals surface area contributed by atoms with Crippen LogP contribution in [0.4, 0.5) is 0 Å². The molecule has 154 valence electrons. The number of benzene rings is 1. The Morgan fingerprint density at radius 1 is 1.37 bits per heavy atom. The molecule has 1 saturated carbocycles. The summed E-state index contributed by atoms with van der Waals surface area (Å²) >= 11 is 0. The Kier molecular flexibility index (Phi) is 11.7. The molecule has 0 bridgehead atoms. The number of aliphatic imine (C=N–C) groups is 1. The number of para-hydroxylation sites is 1. The molecule has 0 radical (unpaired) electrons. The third kappa shape index (κ3) is 9.62. The van der Waals surface area contributed by atoms with Gasteiger partial charge in [0.1, 0.15) is 12.4 Å². The first kappa shape index (κ1) is 24.0. The SMILES string of the molecule is CCNC(=NCC(O)COCC1CC1)N(C)CCOc1ccccc1C.I. The van der Waals surface area contributed by atoms with Gasteiger partial charge in [-0.15, -0.1) is 24.0 Å². The highest BCUT2D eigenvalue weighted by atomic mass is 127. The first-order valence-corrected chi connectivity index (χ1v) is 9.53. The number of guanidine groups is 1. The van der Waals surface area contributed by atoms with Gasteiger partial charge in [0, 0.05) is 20.2 Å². The van der Waals surface area contributed by atoms with Crippen LogP contribution in [0.1, 0.15) is 25.3 Å². The Hall–Kier alpha value is -1.06. The number of rotatable bonds is 11. The van der Waals surface area contributed by atoms with Crippen molar-refractivity contribution < 1.29 is 14.6 Å². The van der Waals surface area contributed by atoms with Crippen molar-refractivity contribution in [1.82, 2.24) is 10.2 Å². The first-order valence-electron chi connectivity index (χ1n) is 9.53. The van der Waals surface area contributed by atoms with Crippen molar-refractivity contribution in [3.05, 3.63) is 29.8 Å². The topological polar surface area (TPSA) is 66.3 Å². The molecule has 1 unspecified atom stereocenters. The summed E-state index contributed by atoms with van der Waals surface area (Å²) in [6, 6.07) is 8.00. The van der Waals surface area contributed by atoms with E-state index < -0.39 is 6.10 Å². The van der Waals surface area contributed by atoms with Crippen LogP contribution in [-0.4, -0.2) is 68.6 Å². The van der Waals surface area contributed by atoms with Crippen molar-refractivity contribution in [3.8, 4) is 5.75 Å². The van der Waals surface area contributed by atoms with Gasteiger partial charge in [0.2, 0.25) is 0 Å². The van der Waals surface area contributed by atoms with Crippen molar-refractivity contribution in [3.63, 3.8) is 0 Å². The van der Waals surface area contributed by atoms with E-state index in [1.165, 1.54) is 12.8 Å². The molecule has 0 heterocycles. The summed E-state index contributed by atoms with van der Waals surface area (Å²) in [4.78, 5) is 6.53. The smallest absolute Gasteiger partial charge is 0.193 e. The average molecular weight is 491 g/mol. The molecule has 1 aliphatic carbocycles. The fraction of sp³-hybridized carbons (Fsp3) is 0.650. The second-order valence-corrected chi connectivity index (χ2v) is 6.86. The summed E-state index contributed by atoms with van der Waals surface area (Å²) in [5.41, 5.74) is 1.13. The largest absolute Gasteiger partial charge is 0.491 e. The van der Waals surface area contributed by atoms with E-state index in [0.717, 1.165) is 30.4 Å². The summed E-state index contributed by atoms with van der Waals surface area (Å²) in [6.45, 7) is 7.55. The lowest BCUT2D eigenvalue weighted by molar-refractivity contribution is 0.0367. The van der Waals surface area contributed by atoms with E-state index >= 15 is 0 Å². The van der Waals surface area contributed by atoms with Gasteiger partial charge in [-0.05, 0) is 44.2 Å². The zero-order valence-corrected chi connectivity index (χ0v) is 19.0. The molecule has 27 heavy (non-hydrogen) atoms. The standard InChI is InChI=1S/C20H33N3O3.HI/c1-4-21-20(22-13-18(24)15-25-14-17-9-10-17)23(3)11-12-26-19-8-6-5-7-16(19)2;/h5-8,17-18,24H,4,9-15H2,1-3H3,(H,21,22);1H. The van der Waals surface area contributed by atoms with Crippen LogP contribution in [0.2, 0.25) is 0 Å². The first-order chi connectivity index (χ1) is 12.6. The van der Waals surface area contributed by atoms with E-state index in [2.05, 4.69) is 10.3 Å². The second-order valence-electron chi connectivity index (χ2n) is 6.86. The normalized spacial score (nSPS) is 15.0. The van der Waals surface area contributed by atoms with Crippen molar-refractivity contribution in [2.24, 2.45) is 10.9 Å². The molecule has 1 aromatic carbocycles. The Balaban J connectivity index is 0.00000364. The van der Waals surface area contributed by atoms with Crippen molar-refractivity contribution in [1.29, 1.82) is 0 Å². The van der Waals surface area contributed by atoms with Crippen LogP contribution in [0, 0.1) is 12.8 Å². The van der Waals surface area contributed by atoms with E-state index in [1.54, 1.807) is 0 Å². The number of nitrogens with zero attached hydrogens (tertiary/aromatic N) is 2. The quantitative estimate of drug-likeness (QED) is 0.283. The van der Waals surface area contributed by atoms with E-state index in [0.29, 0.717) is 32.2 Å². The molecule has 1 fully saturated rings. The Labute approximate surface area is 180 Å². The molecule has 0 spiro atoms. The molecule has 0 saturated heterocycles. The predicted molar refractivity (Wildman–Crippen MR) is 120 cm³/mol. The highest BCUT2D eigenvalue weighted by Crippen LogP contribution is 2.28. The maximum absolute atomic E-state index is 10.0. The predicted octanol–water partition coefficient (Wildman–Crippen LogP) is 2.68. The summed E-state index contributed by atoms with van der Waals surface area (Å²) in [7, 11) is 1.97. The summed E-state index contributed by atoms with van der Waals surface area (Å²) in [5.74, 6) is 2.38. The van der Waals surface area contributed by atoms with Crippen molar-refractivity contribution in [2.45, 2.75) is 32.8 Å². The van der Waals surface area contributed by atoms with Gasteiger partial charge < -0.3 is 24.8 Å². The third-order valence-corrected chi connectivity index (χ3v) is 4.29. The minimum absolute atomic E-state index is 0. The van der Waals surface area contributed by atoms with Crippen LogP contribution in [0.15, 0.2) is 29.3 Å². The molecule has 2 rings (SSSR count). The van der Waals surface area contributed by atoms with Crippen molar-refractivity contribution >= 4 is 29.9 Å². The lowest BCUT2D eigenvalue weighted by atomic mass is 10.2. The number of likely N-dealkylation sites (N-methyl/N-ethyl adjacent to an activating group) is 1. The van der Waals surface area contributed by atoms with Gasteiger partial charge in [0.05, 0.1) is 25.8 Å². The van der Waals surface area contributed by atoms with Gasteiger partial charge >= 0.3 is 0 Å². The Morgan fingerprint density at radius 3 is 2.78 bits per heavy atom. The second kappa shape index (κ2) is 13.2. The molecule has 2 N–H and O–H groups in total. The molecular formula is C20H34IN3O3. The molecular weight excluding hydrogens is 457 g/mol. The number of hydrogen-bond donors (Lipinski definition) is 2. The fourth-order valence-electron chi connectivity index (χ4n) is 2.49. The number of halogens is 1. The van der Waals surface area contributed by atoms with E-state index in [9.17, 15) is 5.11 Å². The van der Waals surface area contributed by atoms with Gasteiger partial charge in [0.15, 0.2) is 5.96 Å². The van der Waals surface area contributed by atoms with Crippen LogP contribution in [0.25, 0.3) is 0 Å². The van der Waals surface area contributed by atoms with Gasteiger partial charge in [-0.1, -0.05) is 18.2 Å². The number of ether oxygens (including phenoxy) is 2. The number of aryl methyl sites for hydroxylation is 1. The van der Waals surface area contributed by atoms with E-state index in [4.69, 9.17) is 9.47 Å². The van der Waals surface area contributed by atoms with Gasteiger partial charge in [-0.3, -0.25) is 4.99 Å². The van der Waals surface area contributed by atoms with Crippen LogP contribution < -0.4 is 10.1 Å². The molecule has 6 nitrogen and oxygen atoms in total. The third-order valence-electron chi connectivity index (χ3n) is 4.29. The summed E-state index contributed by atoms with van der Waals surface area (Å²) in [6.07, 6.45) is 1.95. The minimum atomic E-state index is -0.570. The molecule has 0 amide bonds. The van der Waals surface area contributed by atoms with E-state index in [1.807, 2.05) is 50.1 Å². The maximum atomic E-state index is 10.0. The molecule has 1 aromatic rings. The zero-order chi connectivity index (χ0) is 18.8. The molecule has 1 atom stereocenters. The number of hydrogen-bond acceptors (Lipinski definition) is 4.